The number of ether oxygens (including phenoxy) is 1. The lowest BCUT2D eigenvalue weighted by atomic mass is 10.2. The van der Waals surface area contributed by atoms with E-state index in [2.05, 4.69) is 20.9 Å². The van der Waals surface area contributed by atoms with Gasteiger partial charge in [0, 0.05) is 16.9 Å². The molecule has 0 atom stereocenters. The number of pyridine rings is 1. The van der Waals surface area contributed by atoms with E-state index in [1.807, 2.05) is 0 Å². The van der Waals surface area contributed by atoms with Crippen LogP contribution in [0.3, 0.4) is 0 Å². The van der Waals surface area contributed by atoms with E-state index in [0.717, 1.165) is 0 Å². The van der Waals surface area contributed by atoms with Gasteiger partial charge in [-0.25, -0.2) is 0 Å². The molecule has 0 saturated heterocycles. The van der Waals surface area contributed by atoms with Gasteiger partial charge in [-0.05, 0) is 48.5 Å². The molecule has 3 aromatic rings. The molecule has 1 aromatic heterocycles. The Balaban J connectivity index is 1.52. The Morgan fingerprint density at radius 2 is 1.61 bits per heavy atom. The highest BCUT2D eigenvalue weighted by Crippen LogP contribution is 2.18. The highest BCUT2D eigenvalue weighted by molar-refractivity contribution is 6.30. The Kier molecular flexibility index (Phi) is 7.56. The number of nitrogens with zero attached hydrogens (tertiary/aromatic N) is 1. The zero-order valence-corrected chi connectivity index (χ0v) is 17.1. The van der Waals surface area contributed by atoms with Crippen molar-refractivity contribution in [3.05, 3.63) is 83.6 Å². The summed E-state index contributed by atoms with van der Waals surface area (Å²) < 4.78 is 5.51. The highest BCUT2D eigenvalue weighted by atomic mass is 35.5. The van der Waals surface area contributed by atoms with Crippen LogP contribution in [0.2, 0.25) is 5.02 Å². The molecular formula is C22H19ClN4O4. The summed E-state index contributed by atoms with van der Waals surface area (Å²) in [7, 11) is 0. The first kappa shape index (κ1) is 21.8. The Hall–Kier alpha value is -3.91. The van der Waals surface area contributed by atoms with Gasteiger partial charge in [-0.2, -0.15) is 0 Å². The summed E-state index contributed by atoms with van der Waals surface area (Å²) in [5, 5.41) is 8.38. The third-order valence-electron chi connectivity index (χ3n) is 3.97. The maximum Gasteiger partial charge on any atom is 0.262 e. The number of amides is 3. The lowest BCUT2D eigenvalue weighted by molar-refractivity contribution is -0.118. The van der Waals surface area contributed by atoms with E-state index < -0.39 is 17.7 Å². The highest BCUT2D eigenvalue weighted by Gasteiger charge is 2.14. The predicted molar refractivity (Wildman–Crippen MR) is 117 cm³/mol. The van der Waals surface area contributed by atoms with Crippen molar-refractivity contribution in [1.82, 2.24) is 10.3 Å². The number of para-hydroxylation sites is 1. The van der Waals surface area contributed by atoms with Crippen LogP contribution >= 0.6 is 11.6 Å². The molecule has 0 spiro atoms. The maximum absolute atomic E-state index is 12.5. The molecule has 158 valence electrons. The molecule has 3 N–H and O–H groups in total. The number of benzene rings is 2. The Bertz CT molecular complexity index is 1060. The van der Waals surface area contributed by atoms with Gasteiger partial charge >= 0.3 is 0 Å². The molecule has 3 rings (SSSR count). The molecule has 0 radical (unpaired) electrons. The van der Waals surface area contributed by atoms with Crippen LogP contribution in [0.5, 0.6) is 5.75 Å². The molecule has 0 fully saturated rings. The van der Waals surface area contributed by atoms with Crippen LogP contribution in [0.4, 0.5) is 11.4 Å². The molecule has 2 aromatic carbocycles. The molecule has 0 bridgehead atoms. The van der Waals surface area contributed by atoms with E-state index in [9.17, 15) is 14.4 Å². The first-order valence-corrected chi connectivity index (χ1v) is 9.64. The van der Waals surface area contributed by atoms with Gasteiger partial charge in [-0.15, -0.1) is 0 Å². The largest absolute Gasteiger partial charge is 0.483 e. The first-order chi connectivity index (χ1) is 15.0. The number of nitrogens with one attached hydrogen (secondary N) is 3. The van der Waals surface area contributed by atoms with E-state index in [-0.39, 0.29) is 24.5 Å². The lowest BCUT2D eigenvalue weighted by Gasteiger charge is -2.12. The van der Waals surface area contributed by atoms with Crippen LogP contribution in [0.1, 0.15) is 10.4 Å². The second-order valence-electron chi connectivity index (χ2n) is 6.31. The molecule has 0 saturated carbocycles. The molecule has 3 amide bonds. The Labute approximate surface area is 183 Å². The van der Waals surface area contributed by atoms with Gasteiger partial charge in [-0.1, -0.05) is 23.7 Å². The lowest BCUT2D eigenvalue weighted by Crippen LogP contribution is -2.33. The standard InChI is InChI=1S/C22H19ClN4O4/c23-15-7-9-16(10-8-15)26-21(29)14-31-19-6-2-1-5-18(19)22(30)25-13-20(28)27-17-4-3-11-24-12-17/h1-12H,13-14H2,(H,25,30)(H,26,29)(H,27,28). The van der Waals surface area contributed by atoms with Gasteiger partial charge in [0.15, 0.2) is 6.61 Å². The summed E-state index contributed by atoms with van der Waals surface area (Å²) in [6.07, 6.45) is 3.09. The van der Waals surface area contributed by atoms with Crippen molar-refractivity contribution in [3.8, 4) is 5.75 Å². The summed E-state index contributed by atoms with van der Waals surface area (Å²) in [6.45, 7) is -0.534. The number of aromatic nitrogens is 1. The van der Waals surface area contributed by atoms with Crippen molar-refractivity contribution < 1.29 is 19.1 Å². The molecular weight excluding hydrogens is 420 g/mol. The van der Waals surface area contributed by atoms with Crippen LogP contribution in [-0.2, 0) is 9.59 Å². The summed E-state index contributed by atoms with van der Waals surface area (Å²) >= 11 is 5.82. The Morgan fingerprint density at radius 1 is 0.871 bits per heavy atom. The molecule has 9 heteroatoms. The van der Waals surface area contributed by atoms with Gasteiger partial charge < -0.3 is 20.7 Å². The number of carbonyl (C=O) groups excluding carboxylic acids is 3. The minimum atomic E-state index is -0.505. The predicted octanol–water partition coefficient (Wildman–Crippen LogP) is 3.12. The van der Waals surface area contributed by atoms with Crippen molar-refractivity contribution in [3.63, 3.8) is 0 Å². The van der Waals surface area contributed by atoms with Crippen molar-refractivity contribution in [2.75, 3.05) is 23.8 Å². The van der Waals surface area contributed by atoms with Gasteiger partial charge in [0.2, 0.25) is 5.91 Å². The van der Waals surface area contributed by atoms with Crippen molar-refractivity contribution in [1.29, 1.82) is 0 Å². The van der Waals surface area contributed by atoms with Gasteiger partial charge in [0.1, 0.15) is 5.75 Å². The van der Waals surface area contributed by atoms with E-state index in [0.29, 0.717) is 16.4 Å². The molecule has 0 unspecified atom stereocenters. The van der Waals surface area contributed by atoms with E-state index >= 15 is 0 Å². The van der Waals surface area contributed by atoms with Crippen molar-refractivity contribution in [2.45, 2.75) is 0 Å². The summed E-state index contributed by atoms with van der Waals surface area (Å²) in [4.78, 5) is 40.5. The topological polar surface area (TPSA) is 109 Å². The SMILES string of the molecule is O=C(CNC(=O)c1ccccc1OCC(=O)Nc1ccc(Cl)cc1)Nc1cccnc1. The minimum Gasteiger partial charge on any atom is -0.483 e. The zero-order valence-electron chi connectivity index (χ0n) is 16.3. The number of halogens is 1. The van der Waals surface area contributed by atoms with Crippen LogP contribution in [0.15, 0.2) is 73.1 Å². The molecule has 8 nitrogen and oxygen atoms in total. The summed E-state index contributed by atoms with van der Waals surface area (Å²) in [5.41, 5.74) is 1.30. The quantitative estimate of drug-likeness (QED) is 0.500. The maximum atomic E-state index is 12.5. The normalized spacial score (nSPS) is 10.1. The third kappa shape index (κ3) is 6.83. The van der Waals surface area contributed by atoms with E-state index in [4.69, 9.17) is 16.3 Å². The smallest absolute Gasteiger partial charge is 0.262 e. The molecule has 0 aliphatic carbocycles. The minimum absolute atomic E-state index is 0.205. The summed E-state index contributed by atoms with van der Waals surface area (Å²) in [6, 6.07) is 16.5. The summed E-state index contributed by atoms with van der Waals surface area (Å²) in [5.74, 6) is -1.08. The number of anilines is 2. The molecule has 31 heavy (non-hydrogen) atoms. The fourth-order valence-electron chi connectivity index (χ4n) is 2.55. The Morgan fingerprint density at radius 3 is 2.35 bits per heavy atom. The van der Waals surface area contributed by atoms with Gasteiger partial charge in [-0.3, -0.25) is 19.4 Å². The van der Waals surface area contributed by atoms with Crippen LogP contribution < -0.4 is 20.7 Å². The van der Waals surface area contributed by atoms with E-state index in [1.165, 1.54) is 6.20 Å². The van der Waals surface area contributed by atoms with Crippen molar-refractivity contribution >= 4 is 40.7 Å². The average Bonchev–Trinajstić information content (AvgIpc) is 2.78. The van der Waals surface area contributed by atoms with Crippen LogP contribution in [-0.4, -0.2) is 35.9 Å². The number of carbonyl (C=O) groups is 3. The zero-order chi connectivity index (χ0) is 22.1. The van der Waals surface area contributed by atoms with Gasteiger partial charge in [0.05, 0.1) is 24.0 Å². The molecule has 0 aliphatic rings. The fourth-order valence-corrected chi connectivity index (χ4v) is 2.68. The van der Waals surface area contributed by atoms with Crippen LogP contribution in [0, 0.1) is 0 Å². The second kappa shape index (κ2) is 10.7. The van der Waals surface area contributed by atoms with Crippen LogP contribution in [0.25, 0.3) is 0 Å². The third-order valence-corrected chi connectivity index (χ3v) is 4.23. The fraction of sp³-hybridized carbons (Fsp3) is 0.0909. The second-order valence-corrected chi connectivity index (χ2v) is 6.75. The molecule has 0 aliphatic heterocycles. The molecule has 1 heterocycles. The van der Waals surface area contributed by atoms with E-state index in [1.54, 1.807) is 66.9 Å². The number of hydrogen-bond donors (Lipinski definition) is 3. The monoisotopic (exact) mass is 438 g/mol. The first-order valence-electron chi connectivity index (χ1n) is 9.26. The number of rotatable bonds is 8. The van der Waals surface area contributed by atoms with Crippen molar-refractivity contribution in [2.24, 2.45) is 0 Å². The average molecular weight is 439 g/mol. The van der Waals surface area contributed by atoms with Gasteiger partial charge in [0.25, 0.3) is 11.8 Å². The number of hydrogen-bond acceptors (Lipinski definition) is 5.